The lowest BCUT2D eigenvalue weighted by Gasteiger charge is -2.12. The number of anilines is 1. The number of non-ortho nitro benzene ring substituents is 1. The zero-order chi connectivity index (χ0) is 18.7. The van der Waals surface area contributed by atoms with Crippen LogP contribution in [0.25, 0.3) is 10.9 Å². The lowest BCUT2D eigenvalue weighted by atomic mass is 10.2. The minimum atomic E-state index is -0.487. The van der Waals surface area contributed by atoms with Crippen molar-refractivity contribution in [2.75, 3.05) is 19.5 Å². The zero-order valence-electron chi connectivity index (χ0n) is 14.1. The highest BCUT2D eigenvalue weighted by atomic mass is 16.6. The van der Waals surface area contributed by atoms with Crippen molar-refractivity contribution in [3.63, 3.8) is 0 Å². The van der Waals surface area contributed by atoms with Gasteiger partial charge < -0.3 is 14.8 Å². The molecule has 1 aromatic heterocycles. The molecule has 9 heteroatoms. The molecule has 0 radical (unpaired) electrons. The second-order valence-corrected chi connectivity index (χ2v) is 5.42. The number of hydrogen-bond acceptors (Lipinski definition) is 6. The SMILES string of the molecule is COc1ccc(NC(=O)Cn2ncc3ccc([N+](=O)[O-])cc32)c(OC)c1. The second kappa shape index (κ2) is 7.09. The van der Waals surface area contributed by atoms with E-state index in [1.165, 1.54) is 31.0 Å². The molecule has 0 saturated heterocycles. The van der Waals surface area contributed by atoms with Gasteiger partial charge in [-0.1, -0.05) is 0 Å². The third-order valence-electron chi connectivity index (χ3n) is 3.82. The van der Waals surface area contributed by atoms with E-state index in [0.29, 0.717) is 28.1 Å². The number of carbonyl (C=O) groups excluding carboxylic acids is 1. The summed E-state index contributed by atoms with van der Waals surface area (Å²) < 4.78 is 11.8. The van der Waals surface area contributed by atoms with Gasteiger partial charge in [-0.2, -0.15) is 5.10 Å². The van der Waals surface area contributed by atoms with E-state index in [9.17, 15) is 14.9 Å². The summed E-state index contributed by atoms with van der Waals surface area (Å²) in [4.78, 5) is 22.8. The maximum absolute atomic E-state index is 12.4. The number of methoxy groups -OCH3 is 2. The van der Waals surface area contributed by atoms with Crippen LogP contribution in [0.3, 0.4) is 0 Å². The molecule has 0 unspecified atom stereocenters. The van der Waals surface area contributed by atoms with Crippen LogP contribution in [0.4, 0.5) is 11.4 Å². The molecule has 3 rings (SSSR count). The van der Waals surface area contributed by atoms with Gasteiger partial charge in [0.2, 0.25) is 5.91 Å². The predicted molar refractivity (Wildman–Crippen MR) is 94.6 cm³/mol. The van der Waals surface area contributed by atoms with Gasteiger partial charge in [0.15, 0.2) is 0 Å². The van der Waals surface area contributed by atoms with Crippen molar-refractivity contribution < 1.29 is 19.2 Å². The molecule has 134 valence electrons. The topological polar surface area (TPSA) is 109 Å². The summed E-state index contributed by atoms with van der Waals surface area (Å²) >= 11 is 0. The monoisotopic (exact) mass is 356 g/mol. The van der Waals surface area contributed by atoms with E-state index >= 15 is 0 Å². The highest BCUT2D eigenvalue weighted by Gasteiger charge is 2.14. The fraction of sp³-hybridized carbons (Fsp3) is 0.176. The average Bonchev–Trinajstić information content (AvgIpc) is 3.04. The van der Waals surface area contributed by atoms with Gasteiger partial charge in [0.25, 0.3) is 5.69 Å². The van der Waals surface area contributed by atoms with Crippen LogP contribution in [0.5, 0.6) is 11.5 Å². The quantitative estimate of drug-likeness (QED) is 0.537. The maximum Gasteiger partial charge on any atom is 0.271 e. The summed E-state index contributed by atoms with van der Waals surface area (Å²) in [6, 6.07) is 9.41. The number of benzene rings is 2. The van der Waals surface area contributed by atoms with E-state index in [1.54, 1.807) is 30.5 Å². The number of nitro benzene ring substituents is 1. The first kappa shape index (κ1) is 17.2. The van der Waals surface area contributed by atoms with E-state index in [0.717, 1.165) is 0 Å². The molecule has 2 aromatic carbocycles. The van der Waals surface area contributed by atoms with Gasteiger partial charge in [0.05, 0.1) is 36.5 Å². The first-order valence-corrected chi connectivity index (χ1v) is 7.63. The number of rotatable bonds is 6. The van der Waals surface area contributed by atoms with Crippen molar-refractivity contribution in [1.29, 1.82) is 0 Å². The summed E-state index contributed by atoms with van der Waals surface area (Å²) in [7, 11) is 3.03. The molecule has 0 fully saturated rings. The number of fused-ring (bicyclic) bond motifs is 1. The van der Waals surface area contributed by atoms with E-state index in [1.807, 2.05) is 0 Å². The number of nitrogens with one attached hydrogen (secondary N) is 1. The van der Waals surface area contributed by atoms with Gasteiger partial charge in [-0.25, -0.2) is 0 Å². The molecule has 0 spiro atoms. The molecule has 9 nitrogen and oxygen atoms in total. The lowest BCUT2D eigenvalue weighted by Crippen LogP contribution is -2.19. The number of carbonyl (C=O) groups is 1. The average molecular weight is 356 g/mol. The van der Waals surface area contributed by atoms with Crippen LogP contribution in [-0.2, 0) is 11.3 Å². The highest BCUT2D eigenvalue weighted by molar-refractivity contribution is 5.93. The highest BCUT2D eigenvalue weighted by Crippen LogP contribution is 2.29. The number of ether oxygens (including phenoxy) is 2. The van der Waals surface area contributed by atoms with E-state index in [2.05, 4.69) is 10.4 Å². The molecule has 26 heavy (non-hydrogen) atoms. The maximum atomic E-state index is 12.4. The van der Waals surface area contributed by atoms with Gasteiger partial charge in [0, 0.05) is 23.6 Å². The number of nitrogens with zero attached hydrogens (tertiary/aromatic N) is 3. The molecule has 0 atom stereocenters. The van der Waals surface area contributed by atoms with Crippen LogP contribution >= 0.6 is 0 Å². The molecule has 1 N–H and O–H groups in total. The van der Waals surface area contributed by atoms with Crippen LogP contribution in [0.15, 0.2) is 42.6 Å². The van der Waals surface area contributed by atoms with Crippen molar-refractivity contribution in [2.24, 2.45) is 0 Å². The second-order valence-electron chi connectivity index (χ2n) is 5.42. The van der Waals surface area contributed by atoms with E-state index in [4.69, 9.17) is 9.47 Å². The molecule has 0 aliphatic rings. The van der Waals surface area contributed by atoms with Gasteiger partial charge in [-0.05, 0) is 18.2 Å². The largest absolute Gasteiger partial charge is 0.497 e. The van der Waals surface area contributed by atoms with Crippen LogP contribution in [-0.4, -0.2) is 34.8 Å². The Hall–Kier alpha value is -3.62. The number of amides is 1. The summed E-state index contributed by atoms with van der Waals surface area (Å²) in [5.41, 5.74) is 0.938. The molecule has 0 aliphatic heterocycles. The number of aromatic nitrogens is 2. The minimum Gasteiger partial charge on any atom is -0.497 e. The van der Waals surface area contributed by atoms with Crippen molar-refractivity contribution in [1.82, 2.24) is 9.78 Å². The van der Waals surface area contributed by atoms with Crippen LogP contribution in [0, 0.1) is 10.1 Å². The molecule has 3 aromatic rings. The Bertz CT molecular complexity index is 982. The Morgan fingerprint density at radius 2 is 2.04 bits per heavy atom. The number of hydrogen-bond donors (Lipinski definition) is 1. The Balaban J connectivity index is 1.81. The van der Waals surface area contributed by atoms with Crippen molar-refractivity contribution in [3.05, 3.63) is 52.7 Å². The molecule has 1 amide bonds. The van der Waals surface area contributed by atoms with Crippen LogP contribution in [0.2, 0.25) is 0 Å². The van der Waals surface area contributed by atoms with Crippen molar-refractivity contribution in [2.45, 2.75) is 6.54 Å². The summed E-state index contributed by atoms with van der Waals surface area (Å²) in [6.45, 7) is -0.0974. The van der Waals surface area contributed by atoms with Gasteiger partial charge in [-0.15, -0.1) is 0 Å². The molecular formula is C17H16N4O5. The minimum absolute atomic E-state index is 0.0588. The Morgan fingerprint density at radius 3 is 2.73 bits per heavy atom. The van der Waals surface area contributed by atoms with Crippen molar-refractivity contribution >= 4 is 28.2 Å². The molecule has 0 bridgehead atoms. The first-order chi connectivity index (χ1) is 12.5. The lowest BCUT2D eigenvalue weighted by molar-refractivity contribution is -0.384. The van der Waals surface area contributed by atoms with Gasteiger partial charge >= 0.3 is 0 Å². The molecular weight excluding hydrogens is 340 g/mol. The fourth-order valence-corrected chi connectivity index (χ4v) is 2.53. The van der Waals surface area contributed by atoms with Crippen molar-refractivity contribution in [3.8, 4) is 11.5 Å². The predicted octanol–water partition coefficient (Wildman–Crippen LogP) is 2.60. The standard InChI is InChI=1S/C17H16N4O5/c1-25-13-5-6-14(16(8-13)26-2)19-17(22)10-20-15-7-12(21(23)24)4-3-11(15)9-18-20/h3-9H,10H2,1-2H3,(H,19,22). The summed E-state index contributed by atoms with van der Waals surface area (Å²) in [5, 5.41) is 18.5. The van der Waals surface area contributed by atoms with Gasteiger partial charge in [0.1, 0.15) is 18.0 Å². The number of nitro groups is 1. The van der Waals surface area contributed by atoms with Crippen LogP contribution in [0.1, 0.15) is 0 Å². The normalized spacial score (nSPS) is 10.5. The van der Waals surface area contributed by atoms with E-state index < -0.39 is 4.92 Å². The fourth-order valence-electron chi connectivity index (χ4n) is 2.53. The third kappa shape index (κ3) is 3.41. The molecule has 1 heterocycles. The third-order valence-corrected chi connectivity index (χ3v) is 3.82. The zero-order valence-corrected chi connectivity index (χ0v) is 14.1. The van der Waals surface area contributed by atoms with Gasteiger partial charge in [-0.3, -0.25) is 19.6 Å². The Kier molecular flexibility index (Phi) is 4.70. The Morgan fingerprint density at radius 1 is 1.23 bits per heavy atom. The van der Waals surface area contributed by atoms with Crippen LogP contribution < -0.4 is 14.8 Å². The smallest absolute Gasteiger partial charge is 0.271 e. The molecule has 0 aliphatic carbocycles. The summed E-state index contributed by atoms with van der Waals surface area (Å²) in [6.07, 6.45) is 1.56. The first-order valence-electron chi connectivity index (χ1n) is 7.63. The van der Waals surface area contributed by atoms with E-state index in [-0.39, 0.29) is 18.1 Å². The Labute approximate surface area is 148 Å². The molecule has 0 saturated carbocycles. The summed E-state index contributed by atoms with van der Waals surface area (Å²) in [5.74, 6) is 0.717.